The second-order valence-electron chi connectivity index (χ2n) is 5.65. The highest BCUT2D eigenvalue weighted by molar-refractivity contribution is 5.51. The van der Waals surface area contributed by atoms with Crippen LogP contribution in [0.2, 0.25) is 0 Å². The summed E-state index contributed by atoms with van der Waals surface area (Å²) < 4.78 is 40.7. The van der Waals surface area contributed by atoms with Crippen molar-refractivity contribution in [1.82, 2.24) is 24.7 Å². The monoisotopic (exact) mass is 378 g/mol. The van der Waals surface area contributed by atoms with Crippen molar-refractivity contribution in [2.75, 3.05) is 0 Å². The van der Waals surface area contributed by atoms with Gasteiger partial charge in [0.2, 0.25) is 0 Å². The lowest BCUT2D eigenvalue weighted by Crippen LogP contribution is -2.12. The first-order valence-electron chi connectivity index (χ1n) is 7.77. The van der Waals surface area contributed by atoms with Crippen LogP contribution in [0.4, 0.5) is 18.9 Å². The maximum absolute atomic E-state index is 13.0. The van der Waals surface area contributed by atoms with Crippen LogP contribution in [0.25, 0.3) is 11.5 Å². The van der Waals surface area contributed by atoms with Gasteiger partial charge in [-0.05, 0) is 24.6 Å². The normalized spacial score (nSPS) is 11.6. The van der Waals surface area contributed by atoms with Crippen molar-refractivity contribution in [2.24, 2.45) is 7.05 Å². The summed E-state index contributed by atoms with van der Waals surface area (Å²) in [7, 11) is 1.65. The van der Waals surface area contributed by atoms with Gasteiger partial charge in [-0.2, -0.15) is 13.2 Å². The summed E-state index contributed by atoms with van der Waals surface area (Å²) in [4.78, 5) is 17.9. The summed E-state index contributed by atoms with van der Waals surface area (Å²) in [5.74, 6) is 0.806. The zero-order valence-corrected chi connectivity index (χ0v) is 14.0. The van der Waals surface area contributed by atoms with E-state index in [2.05, 4.69) is 20.2 Å². The number of alkyl halides is 3. The Morgan fingerprint density at radius 2 is 1.93 bits per heavy atom. The molecule has 3 aromatic rings. The molecule has 3 rings (SSSR count). The lowest BCUT2D eigenvalue weighted by Gasteiger charge is -2.11. The first-order valence-corrected chi connectivity index (χ1v) is 7.77. The van der Waals surface area contributed by atoms with Crippen molar-refractivity contribution in [3.63, 3.8) is 0 Å². The molecule has 3 aromatic heterocycles. The summed E-state index contributed by atoms with van der Waals surface area (Å²) in [5.41, 5.74) is -0.626. The third kappa shape index (κ3) is 3.91. The molecule has 0 amide bonds. The topological polar surface area (TPSA) is 99.6 Å². The van der Waals surface area contributed by atoms with Crippen molar-refractivity contribution >= 4 is 5.69 Å². The number of nitro groups is 1. The fraction of sp³-hybridized carbons (Fsp3) is 0.250. The molecule has 8 nitrogen and oxygen atoms in total. The molecule has 0 saturated carbocycles. The second-order valence-corrected chi connectivity index (χ2v) is 5.65. The molecule has 0 bridgehead atoms. The van der Waals surface area contributed by atoms with Gasteiger partial charge in [0.15, 0.2) is 5.82 Å². The van der Waals surface area contributed by atoms with E-state index in [1.807, 2.05) is 0 Å². The SMILES string of the molecule is Cn1c(CCc2ncccc2C(F)(F)F)nnc1-c1ccc([N+](=O)[O-])cn1. The molecule has 140 valence electrons. The van der Waals surface area contributed by atoms with Gasteiger partial charge < -0.3 is 4.57 Å². The summed E-state index contributed by atoms with van der Waals surface area (Å²) in [6, 6.07) is 4.96. The Hall–Kier alpha value is -3.37. The van der Waals surface area contributed by atoms with Crippen molar-refractivity contribution in [1.29, 1.82) is 0 Å². The van der Waals surface area contributed by atoms with Crippen LogP contribution in [0.15, 0.2) is 36.7 Å². The van der Waals surface area contributed by atoms with E-state index in [1.54, 1.807) is 11.6 Å². The van der Waals surface area contributed by atoms with Gasteiger partial charge in [0.1, 0.15) is 17.7 Å². The Kier molecular flexibility index (Phi) is 4.84. The van der Waals surface area contributed by atoms with E-state index in [0.717, 1.165) is 12.3 Å². The maximum atomic E-state index is 13.0. The molecule has 0 aliphatic carbocycles. The fourth-order valence-corrected chi connectivity index (χ4v) is 2.55. The molecule has 0 aliphatic heterocycles. The van der Waals surface area contributed by atoms with Crippen LogP contribution in [-0.2, 0) is 26.1 Å². The number of nitrogens with zero attached hydrogens (tertiary/aromatic N) is 6. The Bertz CT molecular complexity index is 969. The van der Waals surface area contributed by atoms with Gasteiger partial charge in [0.25, 0.3) is 5.69 Å². The molecule has 11 heteroatoms. The number of aromatic nitrogens is 5. The van der Waals surface area contributed by atoms with Crippen molar-refractivity contribution in [2.45, 2.75) is 19.0 Å². The van der Waals surface area contributed by atoms with Gasteiger partial charge >= 0.3 is 6.18 Å². The van der Waals surface area contributed by atoms with Crippen LogP contribution in [0.5, 0.6) is 0 Å². The molecule has 0 aliphatic rings. The minimum Gasteiger partial charge on any atom is -0.313 e. The highest BCUT2D eigenvalue weighted by Crippen LogP contribution is 2.31. The van der Waals surface area contributed by atoms with E-state index in [0.29, 0.717) is 17.3 Å². The highest BCUT2D eigenvalue weighted by Gasteiger charge is 2.33. The van der Waals surface area contributed by atoms with Gasteiger partial charge in [-0.3, -0.25) is 15.1 Å². The van der Waals surface area contributed by atoms with E-state index in [-0.39, 0.29) is 24.2 Å². The molecule has 0 fully saturated rings. The molecule has 0 radical (unpaired) electrons. The predicted octanol–water partition coefficient (Wildman–Crippen LogP) is 2.98. The van der Waals surface area contributed by atoms with E-state index in [4.69, 9.17) is 0 Å². The zero-order chi connectivity index (χ0) is 19.6. The van der Waals surface area contributed by atoms with E-state index in [1.165, 1.54) is 24.4 Å². The standard InChI is InChI=1S/C16H13F3N6O2/c1-24-14(7-6-12-11(16(17,18)19)3-2-8-20-12)22-23-15(24)13-5-4-10(9-21-13)25(26)27/h2-5,8-9H,6-7H2,1H3. The summed E-state index contributed by atoms with van der Waals surface area (Å²) in [5, 5.41) is 18.7. The number of hydrogen-bond acceptors (Lipinski definition) is 6. The van der Waals surface area contributed by atoms with E-state index >= 15 is 0 Å². The highest BCUT2D eigenvalue weighted by atomic mass is 19.4. The molecule has 0 aromatic carbocycles. The van der Waals surface area contributed by atoms with Gasteiger partial charge in [0.05, 0.1) is 16.2 Å². The zero-order valence-electron chi connectivity index (χ0n) is 14.0. The third-order valence-corrected chi connectivity index (χ3v) is 3.93. The molecule has 0 spiro atoms. The quantitative estimate of drug-likeness (QED) is 0.500. The number of aryl methyl sites for hydroxylation is 2. The molecular formula is C16H13F3N6O2. The molecule has 27 heavy (non-hydrogen) atoms. The van der Waals surface area contributed by atoms with Gasteiger partial charge in [-0.15, -0.1) is 10.2 Å². The minimum atomic E-state index is -4.47. The van der Waals surface area contributed by atoms with Crippen LogP contribution in [0, 0.1) is 10.1 Å². The predicted molar refractivity (Wildman–Crippen MR) is 87.5 cm³/mol. The Balaban J connectivity index is 1.80. The molecule has 0 saturated heterocycles. The summed E-state index contributed by atoms with van der Waals surface area (Å²) in [6.07, 6.45) is -1.83. The van der Waals surface area contributed by atoms with Crippen molar-refractivity contribution in [3.8, 4) is 11.5 Å². The largest absolute Gasteiger partial charge is 0.418 e. The van der Waals surface area contributed by atoms with Crippen molar-refractivity contribution in [3.05, 3.63) is 63.9 Å². The number of hydrogen-bond donors (Lipinski definition) is 0. The van der Waals surface area contributed by atoms with Crippen molar-refractivity contribution < 1.29 is 18.1 Å². The molecular weight excluding hydrogens is 365 g/mol. The number of halogens is 3. The van der Waals surface area contributed by atoms with Crippen LogP contribution in [0.1, 0.15) is 17.1 Å². The van der Waals surface area contributed by atoms with Crippen LogP contribution in [0.3, 0.4) is 0 Å². The first-order chi connectivity index (χ1) is 12.8. The average molecular weight is 378 g/mol. The Morgan fingerprint density at radius 1 is 1.15 bits per heavy atom. The first kappa shape index (κ1) is 18.4. The average Bonchev–Trinajstić information content (AvgIpc) is 3.00. The van der Waals surface area contributed by atoms with Crippen LogP contribution < -0.4 is 0 Å². The lowest BCUT2D eigenvalue weighted by atomic mass is 10.1. The van der Waals surface area contributed by atoms with Crippen LogP contribution >= 0.6 is 0 Å². The van der Waals surface area contributed by atoms with Gasteiger partial charge in [-0.25, -0.2) is 4.98 Å². The van der Waals surface area contributed by atoms with Crippen LogP contribution in [-0.4, -0.2) is 29.7 Å². The molecule has 0 unspecified atom stereocenters. The molecule has 0 atom stereocenters. The smallest absolute Gasteiger partial charge is 0.313 e. The van der Waals surface area contributed by atoms with E-state index in [9.17, 15) is 23.3 Å². The molecule has 3 heterocycles. The summed E-state index contributed by atoms with van der Waals surface area (Å²) in [6.45, 7) is 0. The number of pyridine rings is 2. The second kappa shape index (κ2) is 7.09. The van der Waals surface area contributed by atoms with Gasteiger partial charge in [0, 0.05) is 25.7 Å². The summed E-state index contributed by atoms with van der Waals surface area (Å²) >= 11 is 0. The molecule has 0 N–H and O–H groups in total. The third-order valence-electron chi connectivity index (χ3n) is 3.93. The minimum absolute atomic E-state index is 0.0371. The van der Waals surface area contributed by atoms with Gasteiger partial charge in [-0.1, -0.05) is 0 Å². The van der Waals surface area contributed by atoms with E-state index < -0.39 is 16.7 Å². The fourth-order valence-electron chi connectivity index (χ4n) is 2.55. The Labute approximate surface area is 150 Å². The lowest BCUT2D eigenvalue weighted by molar-refractivity contribution is -0.385. The Morgan fingerprint density at radius 3 is 2.56 bits per heavy atom. The number of rotatable bonds is 5. The maximum Gasteiger partial charge on any atom is 0.418 e.